The van der Waals surface area contributed by atoms with Gasteiger partial charge in [-0.1, -0.05) is 60.6 Å². The summed E-state index contributed by atoms with van der Waals surface area (Å²) in [5.41, 5.74) is 0. The van der Waals surface area contributed by atoms with E-state index in [0.717, 1.165) is 43.4 Å². The van der Waals surface area contributed by atoms with E-state index in [4.69, 9.17) is 12.2 Å². The third kappa shape index (κ3) is 18.6. The lowest BCUT2D eigenvalue weighted by molar-refractivity contribution is -0.152. The summed E-state index contributed by atoms with van der Waals surface area (Å²) in [6, 6.07) is -9.77. The Bertz CT molecular complexity index is 2150. The van der Waals surface area contributed by atoms with Crippen molar-refractivity contribution in [2.45, 2.75) is 130 Å². The highest BCUT2D eigenvalue weighted by molar-refractivity contribution is 5.98. The second kappa shape index (κ2) is 29.1. The molecular weight excluding hydrogens is 911 g/mol. The van der Waals surface area contributed by atoms with Crippen LogP contribution in [0.25, 0.3) is 0 Å². The van der Waals surface area contributed by atoms with Crippen LogP contribution in [0.15, 0.2) is 12.2 Å². The van der Waals surface area contributed by atoms with E-state index in [2.05, 4.69) is 5.32 Å². The first-order chi connectivity index (χ1) is 35.1. The molecule has 0 radical (unpaired) electrons. The lowest BCUT2D eigenvalue weighted by atomic mass is 9.97. The number of amides is 11. The number of carbonyl (C=O) groups is 11. The molecule has 0 saturated carbocycles. The Morgan fingerprint density at radius 3 is 1.81 bits per heavy atom. The first-order valence-corrected chi connectivity index (χ1v) is 23.4. The van der Waals surface area contributed by atoms with Gasteiger partial charge in [-0.3, -0.25) is 52.7 Å². The molecule has 1 saturated heterocycles. The largest absolute Gasteiger partial charge is 0.390 e. The molecule has 7 unspecified atom stereocenters. The predicted molar refractivity (Wildman–Crippen MR) is 260 cm³/mol. The standard InChI is InChI=1S/C47H81N11O12/c1-16-18-19-20-33(59)41-43(66)51-31(17-2)45(68)55(12)26-38(64)53(10)25-36(62)52-39(28(5)6)46(69)56(13)32(21-27(3)4)42(65)49-22-34(60)50-30(9)44(67)54(11)24-35(61)48-23-37(63)57(14)40(29(7)8)47(70)58(41)15/h16,18,27-33,39-41,59H,17,19-26H2,1-15H3,(H,48,61)(H,49,65)(H,50,60)(H,51,66)(H,52,62)/b18-16+/i33D,59D/hD4. The van der Waals surface area contributed by atoms with Gasteiger partial charge in [0.25, 0.3) is 0 Å². The van der Waals surface area contributed by atoms with E-state index in [0.29, 0.717) is 5.31 Å². The summed E-state index contributed by atoms with van der Waals surface area (Å²) in [5.74, 6) is -12.8. The van der Waals surface area contributed by atoms with Gasteiger partial charge in [-0.2, -0.15) is 0 Å². The topological polar surface area (TPSA) is 288 Å². The highest BCUT2D eigenvalue weighted by Crippen LogP contribution is 2.19. The van der Waals surface area contributed by atoms with Crippen LogP contribution in [0, 0.1) is 17.8 Å². The van der Waals surface area contributed by atoms with Gasteiger partial charge in [0.2, 0.25) is 66.4 Å². The van der Waals surface area contributed by atoms with Gasteiger partial charge in [0, 0.05) is 42.3 Å². The van der Waals surface area contributed by atoms with Gasteiger partial charge in [-0.25, -0.2) is 0 Å². The minimum Gasteiger partial charge on any atom is -0.390 e. The average Bonchev–Trinajstić information content (AvgIpc) is 3.35. The van der Waals surface area contributed by atoms with Gasteiger partial charge >= 0.3 is 0 Å². The number of rotatable bonds is 10. The second-order valence-corrected chi connectivity index (χ2v) is 18.6. The summed E-state index contributed by atoms with van der Waals surface area (Å²) in [7, 11) is 7.11. The predicted octanol–water partition coefficient (Wildman–Crippen LogP) is -1.95. The molecule has 1 aliphatic rings. The van der Waals surface area contributed by atoms with E-state index < -0.39 is 152 Å². The number of nitrogens with zero attached hydrogens (tertiary/aromatic N) is 6. The molecule has 0 bridgehead atoms. The van der Waals surface area contributed by atoms with Crippen LogP contribution in [0.2, 0.25) is 5.65 Å². The fraction of sp³-hybridized carbons (Fsp3) is 0.723. The van der Waals surface area contributed by atoms with Crippen LogP contribution in [0.5, 0.6) is 0 Å². The van der Waals surface area contributed by atoms with Crippen LogP contribution in [0.1, 0.15) is 89.4 Å². The SMILES string of the molecule is [2H]OC([2H])(CC/C=C/C)C1C(=O)N([2H])C(CC)C(=O)N(C)CC(=O)N(C)CC(=O)N([2H])C(C(C)C)C(=O)N(C)C(CC(C)C)C(=O)N([2H])CC(=O)N([2H])C(C)C(=O)N(C)CC(=O)NCC(=O)N(C)C(C(C)C)C(=O)N1C. The minimum absolute atomic E-state index is 0.0541. The molecule has 1 aliphatic heterocycles. The molecule has 0 aromatic heterocycles. The minimum atomic E-state index is -2.59. The highest BCUT2D eigenvalue weighted by Gasteiger charge is 2.41. The Morgan fingerprint density at radius 2 is 1.27 bits per heavy atom. The number of hydrogen-bond donors (Lipinski definition) is 6. The van der Waals surface area contributed by atoms with Crippen LogP contribution >= 0.6 is 0 Å². The van der Waals surface area contributed by atoms with Crippen molar-refractivity contribution >= 4 is 65.0 Å². The van der Waals surface area contributed by atoms with Crippen molar-refractivity contribution < 1.29 is 64.9 Å². The fourth-order valence-electron chi connectivity index (χ4n) is 7.38. The zero-order chi connectivity index (χ0) is 59.0. The maximum atomic E-state index is 14.6. The Morgan fingerprint density at radius 1 is 0.671 bits per heavy atom. The van der Waals surface area contributed by atoms with Gasteiger partial charge < -0.3 is 61.1 Å². The van der Waals surface area contributed by atoms with E-state index in [-0.39, 0.29) is 47.5 Å². The molecule has 0 spiro atoms. The monoisotopic (exact) mass is 998 g/mol. The molecule has 7 atom stereocenters. The van der Waals surface area contributed by atoms with Crippen molar-refractivity contribution in [2.75, 3.05) is 75.0 Å². The van der Waals surface area contributed by atoms with Crippen molar-refractivity contribution in [3.8, 4) is 0 Å². The molecule has 70 heavy (non-hydrogen) atoms. The molecule has 396 valence electrons. The van der Waals surface area contributed by atoms with E-state index in [1.807, 2.05) is 0 Å². The summed E-state index contributed by atoms with van der Waals surface area (Å²) in [5, 5.41) is 8.23. The van der Waals surface area contributed by atoms with Crippen molar-refractivity contribution in [3.63, 3.8) is 0 Å². The number of aliphatic hydroxyl groups is 1. The first kappa shape index (κ1) is 51.7. The Kier molecular flexibility index (Phi) is 21.5. The Balaban J connectivity index is 4.00. The number of hydrogen-bond acceptors (Lipinski definition) is 12. The summed E-state index contributed by atoms with van der Waals surface area (Å²) >= 11 is 0. The third-order valence-electron chi connectivity index (χ3n) is 11.5. The van der Waals surface area contributed by atoms with Crippen LogP contribution in [-0.4, -0.2) is 218 Å². The van der Waals surface area contributed by atoms with Crippen LogP contribution in [-0.2, 0) is 52.7 Å². The lowest BCUT2D eigenvalue weighted by Crippen LogP contribution is -2.61. The highest BCUT2D eigenvalue weighted by atomic mass is 16.3. The maximum Gasteiger partial charge on any atom is 0.246 e. The van der Waals surface area contributed by atoms with Crippen molar-refractivity contribution in [2.24, 2.45) is 17.8 Å². The molecule has 6 N–H and O–H groups in total. The fourth-order valence-corrected chi connectivity index (χ4v) is 7.38. The Hall–Kier alpha value is -6.13. The second-order valence-electron chi connectivity index (χ2n) is 18.6. The molecule has 0 aromatic rings. The molecule has 23 nitrogen and oxygen atoms in total. The van der Waals surface area contributed by atoms with Gasteiger partial charge in [-0.05, 0) is 57.3 Å². The van der Waals surface area contributed by atoms with Crippen LogP contribution in [0.4, 0.5) is 0 Å². The van der Waals surface area contributed by atoms with Gasteiger partial charge in [0.1, 0.15) is 36.3 Å². The lowest BCUT2D eigenvalue weighted by Gasteiger charge is -2.38. The zero-order valence-electron chi connectivity index (χ0n) is 49.6. The molecular formula is C47H81N11O12. The molecule has 1 rings (SSSR count). The van der Waals surface area contributed by atoms with Gasteiger partial charge in [0.05, 0.1) is 40.2 Å². The molecule has 1 fully saturated rings. The van der Waals surface area contributed by atoms with E-state index in [1.165, 1.54) is 56.0 Å². The van der Waals surface area contributed by atoms with Crippen molar-refractivity contribution in [1.29, 1.82) is 1.43 Å². The third-order valence-corrected chi connectivity index (χ3v) is 11.5. The van der Waals surface area contributed by atoms with Gasteiger partial charge in [0.15, 0.2) is 5.65 Å². The summed E-state index contributed by atoms with van der Waals surface area (Å²) in [4.78, 5) is 157. The number of nitrogens with one attached hydrogen (secondary N) is 5. The summed E-state index contributed by atoms with van der Waals surface area (Å²) in [6.45, 7) is 9.92. The van der Waals surface area contributed by atoms with E-state index in [1.54, 1.807) is 46.8 Å². The number of carbonyl (C=O) groups excluding carboxylic acids is 11. The number of allylic oxidation sites excluding steroid dienone is 2. The van der Waals surface area contributed by atoms with Gasteiger partial charge in [-0.15, -0.1) is 0 Å². The number of likely N-dealkylation sites (N-methyl/N-ethyl adjacent to an activating group) is 6. The van der Waals surface area contributed by atoms with Crippen molar-refractivity contribution in [3.05, 3.63) is 12.2 Å². The van der Waals surface area contributed by atoms with Crippen LogP contribution in [0.3, 0.4) is 0 Å². The summed E-state index contributed by atoms with van der Waals surface area (Å²) < 4.78 is 52.0. The summed E-state index contributed by atoms with van der Waals surface area (Å²) in [6.07, 6.45) is 0.0281. The van der Waals surface area contributed by atoms with Crippen molar-refractivity contribution in [1.82, 2.24) is 56.0 Å². The zero-order valence-corrected chi connectivity index (χ0v) is 43.6. The van der Waals surface area contributed by atoms with E-state index >= 15 is 0 Å². The maximum absolute atomic E-state index is 14.6. The van der Waals surface area contributed by atoms with E-state index in [9.17, 15) is 54.1 Å². The first-order valence-electron chi connectivity index (χ1n) is 26.1. The average molecular weight is 998 g/mol. The molecule has 1 heterocycles. The molecule has 11 amide bonds. The Labute approximate surface area is 421 Å². The molecule has 0 aromatic carbocycles. The van der Waals surface area contributed by atoms with Crippen LogP contribution < -0.4 is 26.6 Å². The molecule has 0 aliphatic carbocycles. The smallest absolute Gasteiger partial charge is 0.246 e. The molecule has 23 heteroatoms. The quantitative estimate of drug-likeness (QED) is 0.130. The normalized spacial score (nSPS) is 27.1.